The fraction of sp³-hybridized carbons (Fsp3) is 0.0667. The van der Waals surface area contributed by atoms with Gasteiger partial charge in [0, 0.05) is 5.92 Å². The van der Waals surface area contributed by atoms with E-state index in [-0.39, 0.29) is 5.92 Å². The molecule has 142 valence electrons. The number of rotatable bonds is 2. The molecule has 0 heteroatoms. The standard InChI is InChI=1S/C30H22/c1-20-11-17-26-28(19-20)27-18-16-23-9-5-6-10-25(23)30(27)29(26)24-14-12-22(13-15-24)21-7-3-2-4-8-21/h2-19,29H,1H3. The highest BCUT2D eigenvalue weighted by molar-refractivity contribution is 5.97. The lowest BCUT2D eigenvalue weighted by atomic mass is 9.86. The summed E-state index contributed by atoms with van der Waals surface area (Å²) in [6.45, 7) is 2.18. The third-order valence-corrected chi connectivity index (χ3v) is 6.42. The monoisotopic (exact) mass is 382 g/mol. The smallest absolute Gasteiger partial charge is 0.0358 e. The highest BCUT2D eigenvalue weighted by Gasteiger charge is 2.31. The Balaban J connectivity index is 1.57. The van der Waals surface area contributed by atoms with Gasteiger partial charge < -0.3 is 0 Å². The van der Waals surface area contributed by atoms with Gasteiger partial charge in [-0.25, -0.2) is 0 Å². The largest absolute Gasteiger partial charge is 0.0622 e. The number of hydrogen-bond acceptors (Lipinski definition) is 0. The highest BCUT2D eigenvalue weighted by Crippen LogP contribution is 2.51. The Labute approximate surface area is 177 Å². The fourth-order valence-corrected chi connectivity index (χ4v) is 5.00. The van der Waals surface area contributed by atoms with Crippen LogP contribution >= 0.6 is 0 Å². The minimum absolute atomic E-state index is 0.270. The average Bonchev–Trinajstić information content (AvgIpc) is 3.14. The maximum absolute atomic E-state index is 2.35. The maximum Gasteiger partial charge on any atom is 0.0358 e. The normalized spacial score (nSPS) is 14.5. The van der Waals surface area contributed by atoms with Gasteiger partial charge in [0.1, 0.15) is 0 Å². The van der Waals surface area contributed by atoms with Crippen LogP contribution in [0.1, 0.15) is 28.2 Å². The molecular weight excluding hydrogens is 360 g/mol. The molecule has 5 aromatic carbocycles. The first-order chi connectivity index (χ1) is 14.8. The zero-order valence-corrected chi connectivity index (χ0v) is 17.0. The Morgan fingerprint density at radius 3 is 2.13 bits per heavy atom. The van der Waals surface area contributed by atoms with Crippen LogP contribution in [0.15, 0.2) is 109 Å². The van der Waals surface area contributed by atoms with Crippen molar-refractivity contribution in [1.29, 1.82) is 0 Å². The van der Waals surface area contributed by atoms with E-state index >= 15 is 0 Å². The first kappa shape index (κ1) is 17.2. The Morgan fingerprint density at radius 1 is 0.567 bits per heavy atom. The first-order valence-corrected chi connectivity index (χ1v) is 10.6. The molecule has 0 amide bonds. The molecule has 0 spiro atoms. The summed E-state index contributed by atoms with van der Waals surface area (Å²) in [5.41, 5.74) is 10.8. The molecule has 1 aliphatic carbocycles. The van der Waals surface area contributed by atoms with Crippen LogP contribution in [0.3, 0.4) is 0 Å². The van der Waals surface area contributed by atoms with E-state index < -0.39 is 0 Å². The van der Waals surface area contributed by atoms with E-state index in [1.165, 1.54) is 55.3 Å². The minimum Gasteiger partial charge on any atom is -0.0622 e. The van der Waals surface area contributed by atoms with Gasteiger partial charge in [-0.3, -0.25) is 0 Å². The molecule has 0 heterocycles. The van der Waals surface area contributed by atoms with Crippen LogP contribution in [0.5, 0.6) is 0 Å². The Hall–Kier alpha value is -3.64. The van der Waals surface area contributed by atoms with E-state index in [1.807, 2.05) is 0 Å². The number of aryl methyl sites for hydroxylation is 1. The summed E-state index contributed by atoms with van der Waals surface area (Å²) < 4.78 is 0. The fourth-order valence-electron chi connectivity index (χ4n) is 5.00. The van der Waals surface area contributed by atoms with Gasteiger partial charge in [0.25, 0.3) is 0 Å². The molecule has 1 atom stereocenters. The lowest BCUT2D eigenvalue weighted by Crippen LogP contribution is -2.00. The molecule has 30 heavy (non-hydrogen) atoms. The third-order valence-electron chi connectivity index (χ3n) is 6.42. The summed E-state index contributed by atoms with van der Waals surface area (Å²) in [6.07, 6.45) is 0. The minimum atomic E-state index is 0.270. The first-order valence-electron chi connectivity index (χ1n) is 10.6. The van der Waals surface area contributed by atoms with Crippen LogP contribution in [0.4, 0.5) is 0 Å². The van der Waals surface area contributed by atoms with Gasteiger partial charge in [0.2, 0.25) is 0 Å². The van der Waals surface area contributed by atoms with Crippen molar-refractivity contribution in [2.24, 2.45) is 0 Å². The molecule has 0 aromatic heterocycles. The highest BCUT2D eigenvalue weighted by atomic mass is 14.3. The van der Waals surface area contributed by atoms with E-state index in [4.69, 9.17) is 0 Å². The second-order valence-electron chi connectivity index (χ2n) is 8.26. The van der Waals surface area contributed by atoms with E-state index in [1.54, 1.807) is 0 Å². The summed E-state index contributed by atoms with van der Waals surface area (Å²) in [7, 11) is 0. The number of benzene rings is 5. The molecule has 0 nitrogen and oxygen atoms in total. The molecule has 1 aliphatic rings. The molecule has 0 radical (unpaired) electrons. The van der Waals surface area contributed by atoms with Gasteiger partial charge in [0.15, 0.2) is 0 Å². The quantitative estimate of drug-likeness (QED) is 0.285. The average molecular weight is 383 g/mol. The molecular formula is C30H22. The van der Waals surface area contributed by atoms with Gasteiger partial charge in [-0.05, 0) is 56.6 Å². The van der Waals surface area contributed by atoms with Crippen LogP contribution in [0.25, 0.3) is 33.0 Å². The Bertz CT molecular complexity index is 1380. The topological polar surface area (TPSA) is 0 Å². The second kappa shape index (κ2) is 6.71. The molecule has 0 N–H and O–H groups in total. The molecule has 6 rings (SSSR count). The molecule has 0 fully saturated rings. The summed E-state index contributed by atoms with van der Waals surface area (Å²) >= 11 is 0. The van der Waals surface area contributed by atoms with Crippen LogP contribution in [-0.4, -0.2) is 0 Å². The van der Waals surface area contributed by atoms with Crippen molar-refractivity contribution >= 4 is 10.8 Å². The van der Waals surface area contributed by atoms with Crippen molar-refractivity contribution in [1.82, 2.24) is 0 Å². The van der Waals surface area contributed by atoms with Crippen molar-refractivity contribution in [3.8, 4) is 22.3 Å². The second-order valence-corrected chi connectivity index (χ2v) is 8.26. The lowest BCUT2D eigenvalue weighted by Gasteiger charge is -2.17. The molecule has 0 saturated heterocycles. The van der Waals surface area contributed by atoms with Crippen LogP contribution < -0.4 is 0 Å². The van der Waals surface area contributed by atoms with Crippen molar-refractivity contribution in [3.63, 3.8) is 0 Å². The van der Waals surface area contributed by atoms with Crippen molar-refractivity contribution in [2.45, 2.75) is 12.8 Å². The van der Waals surface area contributed by atoms with Crippen LogP contribution in [-0.2, 0) is 0 Å². The van der Waals surface area contributed by atoms with E-state index in [0.717, 1.165) is 0 Å². The summed E-state index contributed by atoms with van der Waals surface area (Å²) in [6, 6.07) is 40.1. The lowest BCUT2D eigenvalue weighted by molar-refractivity contribution is 1.03. The summed E-state index contributed by atoms with van der Waals surface area (Å²) in [5.74, 6) is 0.270. The predicted molar refractivity (Wildman–Crippen MR) is 127 cm³/mol. The maximum atomic E-state index is 2.35. The summed E-state index contributed by atoms with van der Waals surface area (Å²) in [5, 5.41) is 2.67. The zero-order valence-electron chi connectivity index (χ0n) is 17.0. The van der Waals surface area contributed by atoms with Gasteiger partial charge >= 0.3 is 0 Å². The predicted octanol–water partition coefficient (Wildman–Crippen LogP) is 7.98. The van der Waals surface area contributed by atoms with E-state index in [9.17, 15) is 0 Å². The summed E-state index contributed by atoms with van der Waals surface area (Å²) in [4.78, 5) is 0. The van der Waals surface area contributed by atoms with E-state index in [2.05, 4.69) is 116 Å². The van der Waals surface area contributed by atoms with Gasteiger partial charge in [-0.2, -0.15) is 0 Å². The van der Waals surface area contributed by atoms with Gasteiger partial charge in [0.05, 0.1) is 0 Å². The molecule has 1 unspecified atom stereocenters. The SMILES string of the molecule is Cc1ccc2c(c1)-c1ccc3ccccc3c1C2c1ccc(-c2ccccc2)cc1. The van der Waals surface area contributed by atoms with Crippen molar-refractivity contribution in [3.05, 3.63) is 131 Å². The van der Waals surface area contributed by atoms with Crippen molar-refractivity contribution < 1.29 is 0 Å². The number of hydrogen-bond donors (Lipinski definition) is 0. The molecule has 0 saturated carbocycles. The molecule has 0 aliphatic heterocycles. The Kier molecular flexibility index (Phi) is 3.86. The molecule has 0 bridgehead atoms. The molecule has 5 aromatic rings. The van der Waals surface area contributed by atoms with Crippen LogP contribution in [0, 0.1) is 6.92 Å². The number of fused-ring (bicyclic) bond motifs is 5. The van der Waals surface area contributed by atoms with Crippen LogP contribution in [0.2, 0.25) is 0 Å². The third kappa shape index (κ3) is 2.61. The zero-order chi connectivity index (χ0) is 20.1. The van der Waals surface area contributed by atoms with E-state index in [0.29, 0.717) is 0 Å². The van der Waals surface area contributed by atoms with Gasteiger partial charge in [-0.1, -0.05) is 115 Å². The van der Waals surface area contributed by atoms with Crippen molar-refractivity contribution in [2.75, 3.05) is 0 Å². The van der Waals surface area contributed by atoms with Gasteiger partial charge in [-0.15, -0.1) is 0 Å². The Morgan fingerprint density at radius 2 is 1.30 bits per heavy atom.